The second kappa shape index (κ2) is 12.4. The molecule has 0 aromatic heterocycles. The molecule has 0 bridgehead atoms. The summed E-state index contributed by atoms with van der Waals surface area (Å²) < 4.78 is 8.28. The summed E-state index contributed by atoms with van der Waals surface area (Å²) in [4.78, 5) is 0. The molecule has 208 valence electrons. The third kappa shape index (κ3) is 5.56. The van der Waals surface area contributed by atoms with E-state index in [9.17, 15) is 0 Å². The zero-order valence-corrected chi connectivity index (χ0v) is 27.8. The van der Waals surface area contributed by atoms with Gasteiger partial charge in [0.15, 0.2) is 0 Å². The summed E-state index contributed by atoms with van der Waals surface area (Å²) in [5.74, 6) is 3.31. The second-order valence-corrected chi connectivity index (χ2v) is 18.8. The van der Waals surface area contributed by atoms with E-state index in [1.54, 1.807) is 7.11 Å². The molecule has 7 heteroatoms. The van der Waals surface area contributed by atoms with Crippen molar-refractivity contribution in [1.82, 2.24) is 4.57 Å². The van der Waals surface area contributed by atoms with Crippen LogP contribution in [0.1, 0.15) is 19.4 Å². The van der Waals surface area contributed by atoms with E-state index in [0.29, 0.717) is 35.3 Å². The minimum atomic E-state index is -1.97. The van der Waals surface area contributed by atoms with Gasteiger partial charge in [0.1, 0.15) is 14.0 Å². The standard InChI is InChI=1S/C31H37N2OSi.CH3.2ClH.Ti/c1-31(2)32-29-23(21-17-19-22(34-3)20-18-21)15-10-16-28(29)33(31)35(4,5)30-26-13-8-6-11-24(26)25-12-7-9-14-27(25)30;;;;/h6-20,24-30H,1-5H3;1H3;2*1H;/q2*-1;;;+2/p-2/t24?,25?,26?,27?,28-,29?,30?;;;;/m1..../s1. The van der Waals surface area contributed by atoms with E-state index in [0.717, 1.165) is 5.75 Å². The Balaban J connectivity index is 0.000000845. The van der Waals surface area contributed by atoms with Crippen LogP contribution in [-0.2, 0) is 17.0 Å². The van der Waals surface area contributed by atoms with Crippen LogP contribution in [0.25, 0.3) is 10.9 Å². The van der Waals surface area contributed by atoms with Gasteiger partial charge in [-0.25, -0.2) is 0 Å². The summed E-state index contributed by atoms with van der Waals surface area (Å²) in [5, 5.41) is 5.52. The van der Waals surface area contributed by atoms with Crippen LogP contribution in [0.3, 0.4) is 0 Å². The van der Waals surface area contributed by atoms with Crippen LogP contribution in [0.2, 0.25) is 18.6 Å². The molecule has 1 saturated carbocycles. The Morgan fingerprint density at radius 3 is 1.87 bits per heavy atom. The average Bonchev–Trinajstić information content (AvgIpc) is 3.40. The monoisotopic (exact) mass is 614 g/mol. The van der Waals surface area contributed by atoms with Crippen LogP contribution in [0, 0.1) is 31.1 Å². The van der Waals surface area contributed by atoms with Gasteiger partial charge in [-0.1, -0.05) is 123 Å². The fourth-order valence-electron chi connectivity index (χ4n) is 8.07. The first-order chi connectivity index (χ1) is 18.2. The molecule has 0 amide bonds. The molecule has 2 fully saturated rings. The van der Waals surface area contributed by atoms with Gasteiger partial charge in [-0.2, -0.15) is 0 Å². The summed E-state index contributed by atoms with van der Waals surface area (Å²) in [6.45, 7) is 9.93. The molecule has 0 N–H and O–H groups in total. The number of nitrogens with zero attached hydrogens (tertiary/aromatic N) is 2. The van der Waals surface area contributed by atoms with Crippen molar-refractivity contribution in [3.63, 3.8) is 0 Å². The SMILES string of the molecule is COc1ccc(C2=CC=C[C@@H]3C2[N-]C(C)(C)N3[Si](C)(C)C2C3C=CC=CC3C3C=CC=CC32)cc1.[CH3-].[Cl][Ti][Cl]. The minimum absolute atomic E-state index is 0. The predicted octanol–water partition coefficient (Wildman–Crippen LogP) is 8.94. The quantitative estimate of drug-likeness (QED) is 0.250. The van der Waals surface area contributed by atoms with Crippen LogP contribution in [0.15, 0.2) is 91.1 Å². The van der Waals surface area contributed by atoms with E-state index in [4.69, 9.17) is 28.7 Å². The Labute approximate surface area is 253 Å². The topological polar surface area (TPSA) is 26.6 Å². The Morgan fingerprint density at radius 1 is 0.846 bits per heavy atom. The van der Waals surface area contributed by atoms with Crippen molar-refractivity contribution in [2.75, 3.05) is 7.11 Å². The third-order valence-electron chi connectivity index (χ3n) is 9.15. The molecule has 39 heavy (non-hydrogen) atoms. The van der Waals surface area contributed by atoms with Gasteiger partial charge >= 0.3 is 35.6 Å². The molecule has 0 spiro atoms. The molecule has 1 aliphatic heterocycles. The van der Waals surface area contributed by atoms with Gasteiger partial charge in [0.25, 0.3) is 0 Å². The van der Waals surface area contributed by atoms with E-state index < -0.39 is 25.3 Å². The number of allylic oxidation sites excluding steroid dienone is 10. The van der Waals surface area contributed by atoms with E-state index in [-0.39, 0.29) is 19.1 Å². The molecule has 6 rings (SSSR count). The number of halogens is 2. The number of fused-ring (bicyclic) bond motifs is 4. The van der Waals surface area contributed by atoms with Crippen LogP contribution < -0.4 is 4.74 Å². The summed E-state index contributed by atoms with van der Waals surface area (Å²) >= 11 is -0.556. The number of benzene rings is 1. The molecular formula is C32H40Cl2N2OSiTi-2. The second-order valence-electron chi connectivity index (χ2n) is 11.8. The average molecular weight is 616 g/mol. The van der Waals surface area contributed by atoms with Crippen molar-refractivity contribution in [2.24, 2.45) is 23.7 Å². The van der Waals surface area contributed by atoms with Crippen molar-refractivity contribution in [3.05, 3.63) is 109 Å². The Morgan fingerprint density at radius 2 is 1.36 bits per heavy atom. The third-order valence-corrected chi connectivity index (χ3v) is 13.6. The molecule has 1 aromatic rings. The number of ether oxygens (including phenoxy) is 1. The molecule has 0 radical (unpaired) electrons. The zero-order chi connectivity index (χ0) is 27.1. The van der Waals surface area contributed by atoms with Gasteiger partial charge in [0.2, 0.25) is 0 Å². The predicted molar refractivity (Wildman–Crippen MR) is 167 cm³/mol. The van der Waals surface area contributed by atoms with Gasteiger partial charge in [-0.05, 0) is 46.9 Å². The summed E-state index contributed by atoms with van der Waals surface area (Å²) in [7, 11) is 9.53. The molecule has 4 aliphatic carbocycles. The molecule has 6 atom stereocenters. The Bertz CT molecular complexity index is 1170. The first kappa shape index (κ1) is 30.8. The van der Waals surface area contributed by atoms with Crippen LogP contribution in [0.5, 0.6) is 5.75 Å². The molecular weight excluding hydrogens is 575 g/mol. The number of hydrogen-bond acceptors (Lipinski definition) is 2. The zero-order valence-electron chi connectivity index (χ0n) is 23.8. The maximum absolute atomic E-state index is 5.52. The van der Waals surface area contributed by atoms with Crippen LogP contribution in [0.4, 0.5) is 0 Å². The van der Waals surface area contributed by atoms with Crippen molar-refractivity contribution in [3.8, 4) is 5.75 Å². The molecule has 5 unspecified atom stereocenters. The van der Waals surface area contributed by atoms with Crippen molar-refractivity contribution < 1.29 is 21.8 Å². The molecule has 1 saturated heterocycles. The molecule has 1 heterocycles. The van der Waals surface area contributed by atoms with Crippen molar-refractivity contribution >= 4 is 32.4 Å². The fourth-order valence-corrected chi connectivity index (χ4v) is 13.4. The van der Waals surface area contributed by atoms with E-state index in [1.165, 1.54) is 11.1 Å². The Hall–Kier alpha value is -1.11. The van der Waals surface area contributed by atoms with Gasteiger partial charge in [0, 0.05) is 6.04 Å². The normalized spacial score (nSPS) is 33.2. The molecule has 3 nitrogen and oxygen atoms in total. The first-order valence-corrected chi connectivity index (χ1v) is 20.8. The number of rotatable bonds is 4. The molecule has 1 aromatic carbocycles. The van der Waals surface area contributed by atoms with Gasteiger partial charge < -0.3 is 22.0 Å². The van der Waals surface area contributed by atoms with Gasteiger partial charge in [-0.3, -0.25) is 0 Å². The van der Waals surface area contributed by atoms with Crippen molar-refractivity contribution in [2.45, 2.75) is 50.2 Å². The summed E-state index contributed by atoms with van der Waals surface area (Å²) in [6, 6.07) is 8.94. The van der Waals surface area contributed by atoms with E-state index in [2.05, 4.69) is 123 Å². The maximum atomic E-state index is 5.52. The van der Waals surface area contributed by atoms with Crippen LogP contribution in [-0.4, -0.2) is 37.7 Å². The molecule has 5 aliphatic rings. The van der Waals surface area contributed by atoms with Gasteiger partial charge in [0.05, 0.1) is 7.11 Å². The first-order valence-electron chi connectivity index (χ1n) is 13.4. The van der Waals surface area contributed by atoms with Crippen LogP contribution >= 0.6 is 18.6 Å². The Kier molecular flexibility index (Phi) is 9.81. The van der Waals surface area contributed by atoms with E-state index in [1.807, 2.05) is 0 Å². The van der Waals surface area contributed by atoms with Gasteiger partial charge in [-0.15, -0.1) is 0 Å². The number of methoxy groups -OCH3 is 1. The summed E-state index contributed by atoms with van der Waals surface area (Å²) in [6.07, 6.45) is 26.0. The fraction of sp³-hybridized carbons (Fsp3) is 0.406. The van der Waals surface area contributed by atoms with E-state index >= 15 is 0 Å². The summed E-state index contributed by atoms with van der Waals surface area (Å²) in [5.41, 5.74) is 3.01. The number of hydrogen-bond donors (Lipinski definition) is 0. The van der Waals surface area contributed by atoms with Crippen molar-refractivity contribution in [1.29, 1.82) is 0 Å².